The van der Waals surface area contributed by atoms with Crippen LogP contribution in [0, 0.1) is 6.92 Å². The van der Waals surface area contributed by atoms with Gasteiger partial charge in [-0.3, -0.25) is 14.5 Å². The Balaban J connectivity index is 1.93. The van der Waals surface area contributed by atoms with Crippen LogP contribution in [0.25, 0.3) is 5.76 Å². The Kier molecular flexibility index (Phi) is 6.52. The molecule has 1 aromatic heterocycles. The minimum Gasteiger partial charge on any atom is -0.507 e. The number of halogens is 2. The molecule has 1 fully saturated rings. The third-order valence-corrected chi connectivity index (χ3v) is 7.42. The lowest BCUT2D eigenvalue weighted by atomic mass is 9.98. The molecule has 1 amide bonds. The predicted octanol–water partition coefficient (Wildman–Crippen LogP) is 6.12. The van der Waals surface area contributed by atoms with Crippen molar-refractivity contribution in [2.75, 3.05) is 19.1 Å². The summed E-state index contributed by atoms with van der Waals surface area (Å²) in [6.07, 6.45) is 0. The fourth-order valence-electron chi connectivity index (χ4n) is 3.79. The van der Waals surface area contributed by atoms with E-state index in [-0.39, 0.29) is 11.3 Å². The van der Waals surface area contributed by atoms with Gasteiger partial charge in [-0.05, 0) is 76.3 Å². The number of rotatable bonds is 5. The Morgan fingerprint density at radius 2 is 1.79 bits per heavy atom. The van der Waals surface area contributed by atoms with Gasteiger partial charge in [-0.25, -0.2) is 0 Å². The zero-order valence-corrected chi connectivity index (χ0v) is 21.0. The van der Waals surface area contributed by atoms with E-state index in [0.29, 0.717) is 32.2 Å². The molecule has 0 aliphatic carbocycles. The molecule has 1 unspecified atom stereocenters. The van der Waals surface area contributed by atoms with Crippen molar-refractivity contribution in [1.82, 2.24) is 0 Å². The number of carbonyl (C=O) groups is 2. The minimum absolute atomic E-state index is 0.00885. The molecule has 33 heavy (non-hydrogen) atoms. The second kappa shape index (κ2) is 9.21. The number of hydrogen-bond donors (Lipinski definition) is 1. The van der Waals surface area contributed by atoms with Crippen LogP contribution in [0.2, 0.25) is 5.02 Å². The molecule has 0 spiro atoms. The lowest BCUT2D eigenvalue weighted by Gasteiger charge is -2.25. The SMILES string of the molecule is COc1ccc(N2C(=O)C(=O)/C(=C(\O)c3ccc(OC)c(Br)c3)C2c2sccc2C)cc1Cl. The van der Waals surface area contributed by atoms with Gasteiger partial charge in [0.2, 0.25) is 0 Å². The lowest BCUT2D eigenvalue weighted by molar-refractivity contribution is -0.132. The van der Waals surface area contributed by atoms with Crippen molar-refractivity contribution >= 4 is 62.0 Å². The Hall–Kier alpha value is -2.81. The maximum Gasteiger partial charge on any atom is 0.300 e. The van der Waals surface area contributed by atoms with Crippen LogP contribution in [0.4, 0.5) is 5.69 Å². The number of hydrogen-bond acceptors (Lipinski definition) is 6. The summed E-state index contributed by atoms with van der Waals surface area (Å²) in [5.74, 6) is -0.765. The smallest absolute Gasteiger partial charge is 0.300 e. The minimum atomic E-state index is -0.810. The molecule has 9 heteroatoms. The monoisotopic (exact) mass is 547 g/mol. The van der Waals surface area contributed by atoms with Crippen LogP contribution in [-0.2, 0) is 9.59 Å². The number of ether oxygens (including phenoxy) is 2. The highest BCUT2D eigenvalue weighted by Gasteiger charge is 2.48. The van der Waals surface area contributed by atoms with Crippen molar-refractivity contribution in [2.24, 2.45) is 0 Å². The van der Waals surface area contributed by atoms with E-state index in [0.717, 1.165) is 10.4 Å². The van der Waals surface area contributed by atoms with Crippen molar-refractivity contribution in [3.63, 3.8) is 0 Å². The summed E-state index contributed by atoms with van der Waals surface area (Å²) < 4.78 is 11.1. The van der Waals surface area contributed by atoms with Gasteiger partial charge < -0.3 is 14.6 Å². The first-order valence-electron chi connectivity index (χ1n) is 9.81. The summed E-state index contributed by atoms with van der Waals surface area (Å²) >= 11 is 11.1. The van der Waals surface area contributed by atoms with Crippen LogP contribution in [0.15, 0.2) is 57.9 Å². The predicted molar refractivity (Wildman–Crippen MR) is 133 cm³/mol. The summed E-state index contributed by atoms with van der Waals surface area (Å²) in [5.41, 5.74) is 1.72. The Bertz CT molecular complexity index is 1300. The number of aryl methyl sites for hydroxylation is 1. The quantitative estimate of drug-likeness (QED) is 0.236. The fraction of sp³-hybridized carbons (Fsp3) is 0.167. The standard InChI is InChI=1S/C24H19BrClNO5S/c1-12-8-9-33-23(12)20-19(21(28)13-4-6-17(31-2)15(25)10-13)22(29)24(30)27(20)14-5-7-18(32-3)16(26)11-14/h4-11,20,28H,1-3H3/b21-19-. The van der Waals surface area contributed by atoms with E-state index in [1.807, 2.05) is 18.4 Å². The van der Waals surface area contributed by atoms with E-state index >= 15 is 0 Å². The van der Waals surface area contributed by atoms with Crippen molar-refractivity contribution < 1.29 is 24.2 Å². The molecule has 2 heterocycles. The van der Waals surface area contributed by atoms with Gasteiger partial charge in [0.05, 0.1) is 29.3 Å². The normalized spacial score (nSPS) is 17.5. The molecule has 1 aliphatic heterocycles. The molecule has 0 saturated carbocycles. The van der Waals surface area contributed by atoms with Crippen LogP contribution in [0.3, 0.4) is 0 Å². The van der Waals surface area contributed by atoms with Crippen LogP contribution in [0.5, 0.6) is 11.5 Å². The molecule has 170 valence electrons. The first-order chi connectivity index (χ1) is 15.8. The average molecular weight is 549 g/mol. The fourth-order valence-corrected chi connectivity index (χ4v) is 5.60. The van der Waals surface area contributed by atoms with E-state index in [2.05, 4.69) is 15.9 Å². The number of carbonyl (C=O) groups excluding carboxylic acids is 2. The molecule has 1 aliphatic rings. The van der Waals surface area contributed by atoms with Crippen LogP contribution in [-0.4, -0.2) is 31.0 Å². The zero-order valence-electron chi connectivity index (χ0n) is 17.9. The van der Waals surface area contributed by atoms with E-state index in [1.54, 1.807) is 36.4 Å². The number of nitrogens with zero attached hydrogens (tertiary/aromatic N) is 1. The van der Waals surface area contributed by atoms with Crippen LogP contribution >= 0.6 is 38.9 Å². The van der Waals surface area contributed by atoms with Crippen molar-refractivity contribution in [1.29, 1.82) is 0 Å². The molecule has 0 bridgehead atoms. The van der Waals surface area contributed by atoms with E-state index in [1.165, 1.54) is 30.5 Å². The molecule has 6 nitrogen and oxygen atoms in total. The number of methoxy groups -OCH3 is 2. The van der Waals surface area contributed by atoms with E-state index < -0.39 is 17.7 Å². The number of benzene rings is 2. The van der Waals surface area contributed by atoms with Gasteiger partial charge in [0.15, 0.2) is 0 Å². The Morgan fingerprint density at radius 1 is 1.09 bits per heavy atom. The van der Waals surface area contributed by atoms with Gasteiger partial charge in [-0.1, -0.05) is 11.6 Å². The van der Waals surface area contributed by atoms with Gasteiger partial charge in [-0.15, -0.1) is 11.3 Å². The summed E-state index contributed by atoms with van der Waals surface area (Å²) in [5, 5.41) is 13.4. The summed E-state index contributed by atoms with van der Waals surface area (Å²) in [7, 11) is 3.03. The molecule has 1 N–H and O–H groups in total. The second-order valence-corrected chi connectivity index (χ2v) is 9.51. The van der Waals surface area contributed by atoms with Gasteiger partial charge in [0, 0.05) is 16.1 Å². The number of thiophene rings is 1. The summed E-state index contributed by atoms with van der Waals surface area (Å²) in [6.45, 7) is 1.90. The number of amides is 1. The highest BCUT2D eigenvalue weighted by atomic mass is 79.9. The van der Waals surface area contributed by atoms with Gasteiger partial charge >= 0.3 is 0 Å². The Labute approximate surface area is 208 Å². The molecule has 1 saturated heterocycles. The maximum absolute atomic E-state index is 13.2. The number of anilines is 1. The molecule has 0 radical (unpaired) electrons. The maximum atomic E-state index is 13.2. The van der Waals surface area contributed by atoms with Gasteiger partial charge in [0.25, 0.3) is 11.7 Å². The molecule has 2 aromatic carbocycles. The van der Waals surface area contributed by atoms with Crippen molar-refractivity contribution in [3.8, 4) is 11.5 Å². The molecule has 1 atom stereocenters. The van der Waals surface area contributed by atoms with E-state index in [4.69, 9.17) is 21.1 Å². The van der Waals surface area contributed by atoms with Crippen molar-refractivity contribution in [2.45, 2.75) is 13.0 Å². The zero-order chi connectivity index (χ0) is 23.9. The van der Waals surface area contributed by atoms with Gasteiger partial charge in [-0.2, -0.15) is 0 Å². The van der Waals surface area contributed by atoms with Crippen LogP contribution in [0.1, 0.15) is 22.0 Å². The molecule has 3 aromatic rings. The van der Waals surface area contributed by atoms with Gasteiger partial charge in [0.1, 0.15) is 23.3 Å². The van der Waals surface area contributed by atoms with Crippen molar-refractivity contribution in [3.05, 3.63) is 78.9 Å². The number of aliphatic hydroxyl groups is 1. The largest absolute Gasteiger partial charge is 0.507 e. The van der Waals surface area contributed by atoms with E-state index in [9.17, 15) is 14.7 Å². The highest BCUT2D eigenvalue weighted by molar-refractivity contribution is 9.10. The second-order valence-electron chi connectivity index (χ2n) is 7.31. The highest BCUT2D eigenvalue weighted by Crippen LogP contribution is 2.46. The lowest BCUT2D eigenvalue weighted by Crippen LogP contribution is -2.29. The molecular formula is C24H19BrClNO5S. The number of Topliss-reactive ketones (excluding diaryl/α,β-unsaturated/α-hetero) is 1. The summed E-state index contributed by atoms with van der Waals surface area (Å²) in [4.78, 5) is 28.6. The third kappa shape index (κ3) is 4.03. The van der Waals surface area contributed by atoms with Crippen LogP contribution < -0.4 is 14.4 Å². The molecule has 4 rings (SSSR count). The first-order valence-corrected chi connectivity index (χ1v) is 11.9. The third-order valence-electron chi connectivity index (χ3n) is 5.43. The Morgan fingerprint density at radius 3 is 2.36 bits per heavy atom. The number of ketones is 1. The summed E-state index contributed by atoms with van der Waals surface area (Å²) in [6, 6.07) is 10.9. The topological polar surface area (TPSA) is 76.1 Å². The average Bonchev–Trinajstić information content (AvgIpc) is 3.33. The first kappa shape index (κ1) is 23.4. The molecular weight excluding hydrogens is 530 g/mol. The number of aliphatic hydroxyl groups excluding tert-OH is 1.